The van der Waals surface area contributed by atoms with E-state index < -0.39 is 97.5 Å². The van der Waals surface area contributed by atoms with Crippen LogP contribution in [-0.2, 0) is 65.4 Å². The molecule has 0 radical (unpaired) electrons. The van der Waals surface area contributed by atoms with Gasteiger partial charge in [0.05, 0.1) is 26.4 Å². The van der Waals surface area contributed by atoms with Gasteiger partial charge in [-0.3, -0.25) is 37.3 Å². The number of phosphoric acid groups is 2. The molecule has 19 heteroatoms. The molecule has 0 aliphatic rings. The van der Waals surface area contributed by atoms with Gasteiger partial charge in [0.2, 0.25) is 0 Å². The summed E-state index contributed by atoms with van der Waals surface area (Å²) in [5.41, 5.74) is 0. The van der Waals surface area contributed by atoms with Crippen molar-refractivity contribution in [2.75, 3.05) is 39.6 Å². The molecule has 0 saturated heterocycles. The minimum Gasteiger partial charge on any atom is -0.462 e. The lowest BCUT2D eigenvalue weighted by molar-refractivity contribution is -0.161. The summed E-state index contributed by atoms with van der Waals surface area (Å²) in [6.07, 6.45) is 61.2. The molecule has 2 unspecified atom stereocenters. The maximum absolute atomic E-state index is 13.1. The monoisotopic (exact) mass is 1480 g/mol. The van der Waals surface area contributed by atoms with E-state index in [-0.39, 0.29) is 25.7 Å². The van der Waals surface area contributed by atoms with Crippen molar-refractivity contribution in [2.24, 2.45) is 17.8 Å². The van der Waals surface area contributed by atoms with Crippen molar-refractivity contribution in [1.82, 2.24) is 0 Å². The third kappa shape index (κ3) is 76.1. The summed E-state index contributed by atoms with van der Waals surface area (Å²) in [4.78, 5) is 73.0. The van der Waals surface area contributed by atoms with Crippen LogP contribution in [0.5, 0.6) is 0 Å². The normalized spacial score (nSPS) is 14.0. The smallest absolute Gasteiger partial charge is 0.462 e. The molecule has 0 amide bonds. The first-order chi connectivity index (χ1) is 48.7. The van der Waals surface area contributed by atoms with Crippen LogP contribution in [0.15, 0.2) is 0 Å². The largest absolute Gasteiger partial charge is 0.472 e. The van der Waals surface area contributed by atoms with Gasteiger partial charge < -0.3 is 33.8 Å². The third-order valence-electron chi connectivity index (χ3n) is 19.1. The van der Waals surface area contributed by atoms with Crippen molar-refractivity contribution in [3.63, 3.8) is 0 Å². The zero-order valence-corrected chi connectivity index (χ0v) is 68.2. The van der Waals surface area contributed by atoms with E-state index in [1.165, 1.54) is 231 Å². The summed E-state index contributed by atoms with van der Waals surface area (Å²) >= 11 is 0. The van der Waals surface area contributed by atoms with Crippen molar-refractivity contribution in [3.8, 4) is 0 Å². The Morgan fingerprint density at radius 2 is 0.455 bits per heavy atom. The number of aliphatic hydroxyl groups is 1. The highest BCUT2D eigenvalue weighted by atomic mass is 31.2. The molecule has 17 nitrogen and oxygen atoms in total. The molecular weight excluding hydrogens is 1320 g/mol. The second-order valence-electron chi connectivity index (χ2n) is 30.9. The Morgan fingerprint density at radius 3 is 0.673 bits per heavy atom. The van der Waals surface area contributed by atoms with Crippen molar-refractivity contribution in [3.05, 3.63) is 0 Å². The lowest BCUT2D eigenvalue weighted by Gasteiger charge is -2.21. The molecule has 0 heterocycles. The van der Waals surface area contributed by atoms with Crippen LogP contribution in [0.4, 0.5) is 0 Å². The Bertz CT molecular complexity index is 1960. The standard InChI is InChI=1S/C82H160O17P2/c1-8-9-10-11-12-13-14-15-20-26-32-37-42-51-58-66-82(87)99-78(70-93-80(85)64-57-50-45-44-48-55-62-75(6)7)72-97-101(90,91)95-68-76(83)67-94-100(88,89)96-71-77(69-92-79(84)63-56-49-41-36-31-28-23-25-30-35-40-47-54-61-74(4)5)98-81(86)65-59-52-43-38-33-27-22-19-17-16-18-21-24-29-34-39-46-53-60-73(2)3/h73-78,83H,8-72H2,1-7H3,(H,88,89)(H,90,91)/t76-,77-,78-/m1/s1. The first kappa shape index (κ1) is 99.1. The van der Waals surface area contributed by atoms with Crippen molar-refractivity contribution < 1.29 is 80.2 Å². The Hall–Kier alpha value is -1.94. The van der Waals surface area contributed by atoms with Gasteiger partial charge in [-0.2, -0.15) is 0 Å². The van der Waals surface area contributed by atoms with E-state index in [2.05, 4.69) is 48.5 Å². The number of esters is 4. The lowest BCUT2D eigenvalue weighted by Crippen LogP contribution is -2.30. The highest BCUT2D eigenvalue weighted by Gasteiger charge is 2.30. The molecule has 5 atom stereocenters. The molecule has 3 N–H and O–H groups in total. The van der Waals surface area contributed by atoms with Crippen LogP contribution in [0.1, 0.15) is 427 Å². The molecular formula is C82H160O17P2. The molecule has 0 fully saturated rings. The molecule has 600 valence electrons. The number of aliphatic hydroxyl groups excluding tert-OH is 1. The van der Waals surface area contributed by atoms with Crippen LogP contribution < -0.4 is 0 Å². The fourth-order valence-electron chi connectivity index (χ4n) is 12.7. The van der Waals surface area contributed by atoms with Gasteiger partial charge in [-0.1, -0.05) is 376 Å². The predicted octanol–water partition coefficient (Wildman–Crippen LogP) is 24.5. The van der Waals surface area contributed by atoms with E-state index in [4.69, 9.17) is 37.0 Å². The van der Waals surface area contributed by atoms with Crippen LogP contribution >= 0.6 is 15.6 Å². The fraction of sp³-hybridized carbons (Fsp3) is 0.951. The Kier molecular flexibility index (Phi) is 70.9. The molecule has 0 aliphatic carbocycles. The molecule has 0 bridgehead atoms. The average molecular weight is 1480 g/mol. The molecule has 0 aromatic carbocycles. The van der Waals surface area contributed by atoms with Gasteiger partial charge in [0.1, 0.15) is 19.3 Å². The van der Waals surface area contributed by atoms with Gasteiger partial charge in [0.15, 0.2) is 12.2 Å². The maximum Gasteiger partial charge on any atom is 0.472 e. The number of ether oxygens (including phenoxy) is 4. The Labute approximate surface area is 619 Å². The van der Waals surface area contributed by atoms with E-state index in [9.17, 15) is 43.2 Å². The summed E-state index contributed by atoms with van der Waals surface area (Å²) < 4.78 is 68.7. The van der Waals surface area contributed by atoms with Crippen LogP contribution in [0, 0.1) is 17.8 Å². The second kappa shape index (κ2) is 72.3. The predicted molar refractivity (Wildman–Crippen MR) is 414 cm³/mol. The number of hydrogen-bond acceptors (Lipinski definition) is 15. The zero-order valence-electron chi connectivity index (χ0n) is 66.4. The first-order valence-corrected chi connectivity index (χ1v) is 45.3. The maximum atomic E-state index is 13.1. The summed E-state index contributed by atoms with van der Waals surface area (Å²) in [6, 6.07) is 0. The van der Waals surface area contributed by atoms with Crippen molar-refractivity contribution in [1.29, 1.82) is 0 Å². The number of carbonyl (C=O) groups is 4. The van der Waals surface area contributed by atoms with Crippen LogP contribution in [0.2, 0.25) is 0 Å². The number of rotatable bonds is 80. The van der Waals surface area contributed by atoms with E-state index in [0.717, 1.165) is 108 Å². The summed E-state index contributed by atoms with van der Waals surface area (Å²) in [7, 11) is -9.92. The van der Waals surface area contributed by atoms with Crippen molar-refractivity contribution in [2.45, 2.75) is 446 Å². The van der Waals surface area contributed by atoms with Gasteiger partial charge in [-0.25, -0.2) is 9.13 Å². The highest BCUT2D eigenvalue weighted by molar-refractivity contribution is 7.47. The molecule has 0 rings (SSSR count). The summed E-state index contributed by atoms with van der Waals surface area (Å²) in [5, 5.41) is 10.6. The van der Waals surface area contributed by atoms with Gasteiger partial charge in [-0.15, -0.1) is 0 Å². The van der Waals surface area contributed by atoms with Crippen LogP contribution in [0.25, 0.3) is 0 Å². The summed E-state index contributed by atoms with van der Waals surface area (Å²) in [5.74, 6) is 0.180. The fourth-order valence-corrected chi connectivity index (χ4v) is 14.2. The molecule has 0 spiro atoms. The molecule has 0 aliphatic heterocycles. The van der Waals surface area contributed by atoms with Crippen LogP contribution in [-0.4, -0.2) is 96.7 Å². The quantitative estimate of drug-likeness (QED) is 0.0222. The van der Waals surface area contributed by atoms with Crippen molar-refractivity contribution >= 4 is 39.5 Å². The second-order valence-corrected chi connectivity index (χ2v) is 33.8. The van der Waals surface area contributed by atoms with Crippen LogP contribution in [0.3, 0.4) is 0 Å². The third-order valence-corrected chi connectivity index (χ3v) is 21.0. The number of hydrogen-bond donors (Lipinski definition) is 3. The van der Waals surface area contributed by atoms with E-state index in [1.54, 1.807) is 0 Å². The van der Waals surface area contributed by atoms with E-state index in [0.29, 0.717) is 31.6 Å². The first-order valence-electron chi connectivity index (χ1n) is 42.3. The number of unbranched alkanes of at least 4 members (excludes halogenated alkanes) is 48. The summed E-state index contributed by atoms with van der Waals surface area (Å²) in [6.45, 7) is 11.9. The molecule has 101 heavy (non-hydrogen) atoms. The molecule has 0 aromatic rings. The zero-order chi connectivity index (χ0) is 74.4. The average Bonchev–Trinajstić information content (AvgIpc) is 0.930. The van der Waals surface area contributed by atoms with Gasteiger partial charge in [0, 0.05) is 25.7 Å². The Balaban J connectivity index is 5.21. The highest BCUT2D eigenvalue weighted by Crippen LogP contribution is 2.45. The van der Waals surface area contributed by atoms with E-state index >= 15 is 0 Å². The number of carbonyl (C=O) groups excluding carboxylic acids is 4. The topological polar surface area (TPSA) is 237 Å². The van der Waals surface area contributed by atoms with E-state index in [1.807, 2.05) is 0 Å². The number of phosphoric ester groups is 2. The minimum atomic E-state index is -4.96. The molecule has 0 aromatic heterocycles. The van der Waals surface area contributed by atoms with Gasteiger partial charge >= 0.3 is 39.5 Å². The SMILES string of the molecule is CCCCCCCCCCCCCCCCCC(=O)O[C@H](COC(=O)CCCCCCCCC(C)C)COP(=O)(O)OC[C@H](O)COP(=O)(O)OC[C@@H](COC(=O)CCCCCCCCCCCCCCCC(C)C)OC(=O)CCCCCCCCCCCCCCCCCCCCC(C)C. The lowest BCUT2D eigenvalue weighted by atomic mass is 10.0. The molecule has 0 saturated carbocycles. The van der Waals surface area contributed by atoms with Gasteiger partial charge in [-0.05, 0) is 43.4 Å². The Morgan fingerprint density at radius 1 is 0.267 bits per heavy atom. The van der Waals surface area contributed by atoms with Gasteiger partial charge in [0.25, 0.3) is 0 Å². The minimum absolute atomic E-state index is 0.107.